The number of thioether (sulfide) groups is 1. The molecule has 0 atom stereocenters. The van der Waals surface area contributed by atoms with E-state index in [0.717, 1.165) is 40.8 Å². The van der Waals surface area contributed by atoms with Gasteiger partial charge in [-0.15, -0.1) is 10.2 Å². The minimum atomic E-state index is -3.56. The Morgan fingerprint density at radius 1 is 0.919 bits per heavy atom. The number of amides is 2. The minimum Gasteiger partial charge on any atom is -0.301 e. The van der Waals surface area contributed by atoms with Crippen LogP contribution < -0.4 is 10.6 Å². The molecule has 14 heteroatoms. The van der Waals surface area contributed by atoms with Gasteiger partial charge >= 0.3 is 0 Å². The smallest absolute Gasteiger partial charge is 0.257 e. The highest BCUT2D eigenvalue weighted by molar-refractivity contribution is 8.01. The van der Waals surface area contributed by atoms with E-state index >= 15 is 0 Å². The Balaban J connectivity index is 1.13. The minimum absolute atomic E-state index is 0.117. The molecular formula is C23H22N6O4S4. The number of anilines is 2. The lowest BCUT2D eigenvalue weighted by atomic mass is 10.2. The lowest BCUT2D eigenvalue weighted by Crippen LogP contribution is -2.35. The summed E-state index contributed by atoms with van der Waals surface area (Å²) >= 11 is 3.76. The zero-order valence-electron chi connectivity index (χ0n) is 19.4. The molecule has 192 valence electrons. The topological polar surface area (TPSA) is 134 Å². The fraction of sp³-hybridized carbons (Fsp3) is 0.261. The van der Waals surface area contributed by atoms with Crippen LogP contribution in [0, 0.1) is 0 Å². The van der Waals surface area contributed by atoms with Crippen LogP contribution in [-0.4, -0.2) is 58.6 Å². The molecule has 2 aromatic carbocycles. The molecule has 2 amide bonds. The molecule has 1 saturated heterocycles. The number of para-hydroxylation sites is 1. The largest absolute Gasteiger partial charge is 0.301 e. The van der Waals surface area contributed by atoms with E-state index in [1.807, 2.05) is 24.3 Å². The van der Waals surface area contributed by atoms with Gasteiger partial charge in [0.15, 0.2) is 9.47 Å². The molecule has 37 heavy (non-hydrogen) atoms. The van der Waals surface area contributed by atoms with E-state index in [9.17, 15) is 18.0 Å². The molecule has 0 bridgehead atoms. The lowest BCUT2D eigenvalue weighted by Gasteiger charge is -2.25. The van der Waals surface area contributed by atoms with E-state index in [1.165, 1.54) is 51.7 Å². The number of piperidine rings is 1. The average molecular weight is 575 g/mol. The molecule has 1 aliphatic rings. The fourth-order valence-corrected chi connectivity index (χ4v) is 7.67. The van der Waals surface area contributed by atoms with E-state index in [-0.39, 0.29) is 21.7 Å². The van der Waals surface area contributed by atoms with Crippen molar-refractivity contribution in [3.05, 3.63) is 54.1 Å². The average Bonchev–Trinajstić information content (AvgIpc) is 3.54. The van der Waals surface area contributed by atoms with E-state index in [0.29, 0.717) is 28.1 Å². The second kappa shape index (κ2) is 11.2. The number of fused-ring (bicyclic) bond motifs is 1. The predicted octanol–water partition coefficient (Wildman–Crippen LogP) is 4.31. The number of nitrogens with one attached hydrogen (secondary N) is 2. The summed E-state index contributed by atoms with van der Waals surface area (Å²) in [6, 6.07) is 13.5. The first-order valence-corrected chi connectivity index (χ1v) is 15.5. The zero-order chi connectivity index (χ0) is 25.8. The molecule has 2 aromatic heterocycles. The molecule has 0 unspecified atom stereocenters. The Bertz CT molecular complexity index is 1500. The number of sulfonamides is 1. The van der Waals surface area contributed by atoms with Crippen LogP contribution in [0.15, 0.2) is 57.8 Å². The Morgan fingerprint density at radius 2 is 1.68 bits per heavy atom. The van der Waals surface area contributed by atoms with Gasteiger partial charge in [0.2, 0.25) is 21.1 Å². The van der Waals surface area contributed by atoms with Gasteiger partial charge < -0.3 is 5.32 Å². The van der Waals surface area contributed by atoms with Gasteiger partial charge in [0, 0.05) is 18.7 Å². The first-order valence-electron chi connectivity index (χ1n) is 11.4. The summed E-state index contributed by atoms with van der Waals surface area (Å²) in [4.78, 5) is 29.5. The molecule has 0 aliphatic carbocycles. The first kappa shape index (κ1) is 25.7. The van der Waals surface area contributed by atoms with Crippen LogP contribution in [0.25, 0.3) is 10.2 Å². The quantitative estimate of drug-likeness (QED) is 0.235. The maximum atomic E-state index is 12.8. The summed E-state index contributed by atoms with van der Waals surface area (Å²) in [5.41, 5.74) is 1.13. The molecular weight excluding hydrogens is 553 g/mol. The third-order valence-corrected chi connectivity index (χ3v) is 10.4. The van der Waals surface area contributed by atoms with Crippen LogP contribution in [-0.2, 0) is 14.8 Å². The van der Waals surface area contributed by atoms with Crippen LogP contribution >= 0.6 is 34.4 Å². The monoisotopic (exact) mass is 574 g/mol. The van der Waals surface area contributed by atoms with Crippen molar-refractivity contribution in [3.63, 3.8) is 0 Å². The summed E-state index contributed by atoms with van der Waals surface area (Å²) in [5.74, 6) is -0.529. The Hall–Kier alpha value is -2.91. The maximum absolute atomic E-state index is 12.8. The van der Waals surface area contributed by atoms with Crippen molar-refractivity contribution in [1.29, 1.82) is 0 Å². The third-order valence-electron chi connectivity index (χ3n) is 5.56. The van der Waals surface area contributed by atoms with Crippen LogP contribution in [0.5, 0.6) is 0 Å². The number of hydrogen-bond acceptors (Lipinski definition) is 10. The standard InChI is InChI=1S/C23H22N6O4S4/c30-19(25-21-24-17-6-2-3-7-18(17)35-21)14-34-23-28-27-22(36-23)26-20(31)15-8-10-16(11-9-15)37(32,33)29-12-4-1-5-13-29/h2-3,6-11H,1,4-5,12-14H2,(H,24,25,30)(H,26,27,31). The van der Waals surface area contributed by atoms with E-state index in [4.69, 9.17) is 0 Å². The summed E-state index contributed by atoms with van der Waals surface area (Å²) in [5, 5.41) is 14.2. The van der Waals surface area contributed by atoms with Crippen molar-refractivity contribution < 1.29 is 18.0 Å². The van der Waals surface area contributed by atoms with Crippen molar-refractivity contribution in [2.24, 2.45) is 0 Å². The highest BCUT2D eigenvalue weighted by Gasteiger charge is 2.26. The fourth-order valence-electron chi connectivity index (χ4n) is 3.73. The van der Waals surface area contributed by atoms with Crippen LogP contribution in [0.3, 0.4) is 0 Å². The van der Waals surface area contributed by atoms with Gasteiger partial charge in [-0.05, 0) is 49.2 Å². The zero-order valence-corrected chi connectivity index (χ0v) is 22.7. The molecule has 0 spiro atoms. The van der Waals surface area contributed by atoms with Gasteiger partial charge in [0.1, 0.15) is 0 Å². The van der Waals surface area contributed by atoms with Gasteiger partial charge in [-0.25, -0.2) is 13.4 Å². The summed E-state index contributed by atoms with van der Waals surface area (Å²) in [6.07, 6.45) is 2.75. The number of hydrogen-bond donors (Lipinski definition) is 2. The predicted molar refractivity (Wildman–Crippen MR) is 146 cm³/mol. The Labute approximate surface area is 225 Å². The van der Waals surface area contributed by atoms with Gasteiger partial charge in [-0.3, -0.25) is 14.9 Å². The van der Waals surface area contributed by atoms with Crippen LogP contribution in [0.2, 0.25) is 0 Å². The van der Waals surface area contributed by atoms with Crippen molar-refractivity contribution in [3.8, 4) is 0 Å². The highest BCUT2D eigenvalue weighted by atomic mass is 32.2. The maximum Gasteiger partial charge on any atom is 0.257 e. The van der Waals surface area contributed by atoms with E-state index < -0.39 is 15.9 Å². The normalized spacial score (nSPS) is 14.5. The SMILES string of the molecule is O=C(CSc1nnc(NC(=O)c2ccc(S(=O)(=O)N3CCCCC3)cc2)s1)Nc1nc2ccccc2s1. The number of nitrogens with zero attached hydrogens (tertiary/aromatic N) is 4. The van der Waals surface area contributed by atoms with Gasteiger partial charge in [-0.2, -0.15) is 4.31 Å². The number of aromatic nitrogens is 3. The molecule has 1 fully saturated rings. The van der Waals surface area contributed by atoms with Crippen molar-refractivity contribution in [2.45, 2.75) is 28.5 Å². The first-order chi connectivity index (χ1) is 17.9. The molecule has 10 nitrogen and oxygen atoms in total. The Kier molecular flexibility index (Phi) is 7.81. The number of carbonyl (C=O) groups is 2. The van der Waals surface area contributed by atoms with Gasteiger partial charge in [0.25, 0.3) is 5.91 Å². The molecule has 1 aliphatic heterocycles. The Morgan fingerprint density at radius 3 is 2.43 bits per heavy atom. The molecule has 4 aromatic rings. The van der Waals surface area contributed by atoms with Gasteiger partial charge in [0.05, 0.1) is 20.9 Å². The second-order valence-corrected chi connectivity index (χ2v) is 13.3. The molecule has 0 saturated carbocycles. The molecule has 2 N–H and O–H groups in total. The summed E-state index contributed by atoms with van der Waals surface area (Å²) in [6.45, 7) is 1.04. The summed E-state index contributed by atoms with van der Waals surface area (Å²) < 4.78 is 28.6. The van der Waals surface area contributed by atoms with Crippen molar-refractivity contribution >= 4 is 76.8 Å². The molecule has 3 heterocycles. The van der Waals surface area contributed by atoms with E-state index in [2.05, 4.69) is 25.8 Å². The van der Waals surface area contributed by atoms with Crippen LogP contribution in [0.4, 0.5) is 10.3 Å². The summed E-state index contributed by atoms with van der Waals surface area (Å²) in [7, 11) is -3.56. The van der Waals surface area contributed by atoms with E-state index in [1.54, 1.807) is 0 Å². The second-order valence-electron chi connectivity index (χ2n) is 8.14. The molecule has 5 rings (SSSR count). The number of benzene rings is 2. The van der Waals surface area contributed by atoms with Crippen LogP contribution in [0.1, 0.15) is 29.6 Å². The third kappa shape index (κ3) is 6.15. The number of rotatable bonds is 8. The molecule has 0 radical (unpaired) electrons. The highest BCUT2D eigenvalue weighted by Crippen LogP contribution is 2.28. The van der Waals surface area contributed by atoms with Crippen molar-refractivity contribution in [2.75, 3.05) is 29.5 Å². The number of thiazole rings is 1. The van der Waals surface area contributed by atoms with Gasteiger partial charge in [-0.1, -0.05) is 53.0 Å². The van der Waals surface area contributed by atoms with Crippen molar-refractivity contribution in [1.82, 2.24) is 19.5 Å². The number of carbonyl (C=O) groups excluding carboxylic acids is 2. The lowest BCUT2D eigenvalue weighted by molar-refractivity contribution is -0.113.